The lowest BCUT2D eigenvalue weighted by molar-refractivity contribution is -0.144. The van der Waals surface area contributed by atoms with Crippen molar-refractivity contribution in [3.05, 3.63) is 57.6 Å². The van der Waals surface area contributed by atoms with E-state index >= 15 is 0 Å². The van der Waals surface area contributed by atoms with E-state index in [2.05, 4.69) is 5.32 Å². The first-order valence-electron chi connectivity index (χ1n) is 16.6. The molecule has 2 aromatic carbocycles. The second-order valence-electron chi connectivity index (χ2n) is 17.4. The highest BCUT2D eigenvalue weighted by Crippen LogP contribution is 2.42. The van der Waals surface area contributed by atoms with Gasteiger partial charge < -0.3 is 20.6 Å². The van der Waals surface area contributed by atoms with Crippen LogP contribution in [0.2, 0.25) is 0 Å². The normalized spacial score (nSPS) is 18.4. The molecule has 0 aromatic heterocycles. The van der Waals surface area contributed by atoms with Crippen molar-refractivity contribution in [1.82, 2.24) is 5.32 Å². The molecule has 0 amide bonds. The van der Waals surface area contributed by atoms with Gasteiger partial charge >= 0.3 is 5.97 Å². The van der Waals surface area contributed by atoms with E-state index < -0.39 is 23.8 Å². The van der Waals surface area contributed by atoms with Gasteiger partial charge in [0.15, 0.2) is 0 Å². The van der Waals surface area contributed by atoms with Crippen LogP contribution in [0.1, 0.15) is 129 Å². The molecule has 2 aromatic rings. The van der Waals surface area contributed by atoms with Gasteiger partial charge in [-0.3, -0.25) is 14.4 Å². The minimum absolute atomic E-state index is 0.0998. The Morgan fingerprint density at radius 3 is 1.48 bits per heavy atom. The first-order chi connectivity index (χ1) is 20.8. The molecule has 254 valence electrons. The van der Waals surface area contributed by atoms with Crippen molar-refractivity contribution >= 4 is 17.5 Å². The van der Waals surface area contributed by atoms with E-state index in [-0.39, 0.29) is 57.6 Å². The van der Waals surface area contributed by atoms with Gasteiger partial charge in [-0.25, -0.2) is 0 Å². The molecule has 4 N–H and O–H groups in total. The number of aryl methyl sites for hydroxylation is 1. The summed E-state index contributed by atoms with van der Waals surface area (Å²) in [5.41, 5.74) is 3.37. The van der Waals surface area contributed by atoms with Gasteiger partial charge in [0.2, 0.25) is 0 Å². The maximum absolute atomic E-state index is 14.2. The number of carbonyl (C=O) groups is 3. The van der Waals surface area contributed by atoms with E-state index in [1.807, 2.05) is 107 Å². The summed E-state index contributed by atoms with van der Waals surface area (Å²) >= 11 is 0. The molecule has 7 nitrogen and oxygen atoms in total. The van der Waals surface area contributed by atoms with Gasteiger partial charge in [-0.2, -0.15) is 0 Å². The molecule has 0 spiro atoms. The van der Waals surface area contributed by atoms with E-state index in [4.69, 9.17) is 0 Å². The van der Waals surface area contributed by atoms with Gasteiger partial charge in [-0.1, -0.05) is 107 Å². The van der Waals surface area contributed by atoms with Gasteiger partial charge in [0.1, 0.15) is 29.1 Å². The second kappa shape index (κ2) is 13.1. The fourth-order valence-electron chi connectivity index (χ4n) is 6.52. The number of carboxylic acid groups (broad SMARTS) is 1. The van der Waals surface area contributed by atoms with Crippen LogP contribution in [0.5, 0.6) is 11.5 Å². The number of rotatable bonds is 9. The molecule has 1 aliphatic rings. The third kappa shape index (κ3) is 8.39. The molecule has 0 saturated carbocycles. The Morgan fingerprint density at radius 2 is 1.11 bits per heavy atom. The lowest BCUT2D eigenvalue weighted by Gasteiger charge is -2.29. The lowest BCUT2D eigenvalue weighted by atomic mass is 9.75. The van der Waals surface area contributed by atoms with E-state index in [0.29, 0.717) is 19.4 Å². The number of aromatic hydroxyl groups is 2. The number of hydrogen-bond acceptors (Lipinski definition) is 6. The molecule has 0 bridgehead atoms. The van der Waals surface area contributed by atoms with Crippen LogP contribution in [-0.2, 0) is 48.9 Å². The number of phenolic OH excluding ortho intramolecular Hbond substituents is 2. The second-order valence-corrected chi connectivity index (χ2v) is 17.4. The first kappa shape index (κ1) is 37.3. The summed E-state index contributed by atoms with van der Waals surface area (Å²) in [5.74, 6) is -3.01. The molecule has 1 heterocycles. The number of hydrogen-bond donors (Lipinski definition) is 4. The quantitative estimate of drug-likeness (QED) is 0.214. The number of ketones is 2. The van der Waals surface area contributed by atoms with Gasteiger partial charge in [0.25, 0.3) is 0 Å². The SMILES string of the molecule is CC(C)(C)c1cc(CCC(=O)C(Cc2cc(C(C)(C)C)c(O)c(C(C)(C)C)c2)C(=O)C2CCN[C@@H]2C(=O)O)cc(C(C)(C)C)c1O. The standard InChI is InChI=1S/C39H57NO6/c1-36(2,3)26-18-22(19-27(33(26)43)37(4,5)6)13-14-30(41)25(32(42)24-15-16-40-31(24)35(45)46)17-23-20-28(38(7,8)9)34(44)29(21-23)39(10,11)12/h18-21,24-25,31,40,43-44H,13-17H2,1-12H3,(H,45,46)/t24?,25?,31-/m0/s1. The molecule has 3 atom stereocenters. The predicted molar refractivity (Wildman–Crippen MR) is 184 cm³/mol. The summed E-state index contributed by atoms with van der Waals surface area (Å²) in [5, 5.41) is 35.2. The molecule has 0 aliphatic carbocycles. The van der Waals surface area contributed by atoms with Crippen molar-refractivity contribution in [3.63, 3.8) is 0 Å². The topological polar surface area (TPSA) is 124 Å². The highest BCUT2D eigenvalue weighted by Gasteiger charge is 2.42. The Balaban J connectivity index is 2.08. The van der Waals surface area contributed by atoms with Crippen molar-refractivity contribution in [3.8, 4) is 11.5 Å². The Labute approximate surface area is 276 Å². The highest BCUT2D eigenvalue weighted by molar-refractivity contribution is 6.05. The smallest absolute Gasteiger partial charge is 0.321 e. The molecule has 1 fully saturated rings. The average molecular weight is 636 g/mol. The predicted octanol–water partition coefficient (Wildman–Crippen LogP) is 7.28. The summed E-state index contributed by atoms with van der Waals surface area (Å²) < 4.78 is 0. The number of carbonyl (C=O) groups excluding carboxylic acids is 2. The van der Waals surface area contributed by atoms with Crippen LogP contribution < -0.4 is 5.32 Å². The van der Waals surface area contributed by atoms with E-state index in [1.54, 1.807) is 0 Å². The number of nitrogens with one attached hydrogen (secondary N) is 1. The fraction of sp³-hybridized carbons (Fsp3) is 0.615. The maximum atomic E-state index is 14.2. The first-order valence-corrected chi connectivity index (χ1v) is 16.6. The molecule has 0 radical (unpaired) electrons. The van der Waals surface area contributed by atoms with Gasteiger partial charge in [0.05, 0.1) is 5.92 Å². The van der Waals surface area contributed by atoms with Crippen LogP contribution in [0.4, 0.5) is 0 Å². The molecule has 46 heavy (non-hydrogen) atoms. The molecular weight excluding hydrogens is 578 g/mol. The maximum Gasteiger partial charge on any atom is 0.321 e. The molecule has 1 saturated heterocycles. The molecule has 1 aliphatic heterocycles. The Hall–Kier alpha value is -3.19. The van der Waals surface area contributed by atoms with Crippen molar-refractivity contribution < 1.29 is 29.7 Å². The van der Waals surface area contributed by atoms with Gasteiger partial charge in [-0.15, -0.1) is 0 Å². The zero-order chi connectivity index (χ0) is 35.2. The molecule has 3 rings (SSSR count). The number of benzene rings is 2. The fourth-order valence-corrected chi connectivity index (χ4v) is 6.52. The summed E-state index contributed by atoms with van der Waals surface area (Å²) in [6.45, 7) is 24.8. The van der Waals surface area contributed by atoms with Crippen LogP contribution in [0.15, 0.2) is 24.3 Å². The Morgan fingerprint density at radius 1 is 0.717 bits per heavy atom. The number of Topliss-reactive ketones (excluding diaryl/α,β-unsaturated/α-hetero) is 2. The summed E-state index contributed by atoms with van der Waals surface area (Å²) in [6, 6.07) is 6.68. The number of aliphatic carboxylic acids is 1. The van der Waals surface area contributed by atoms with Crippen LogP contribution in [0.3, 0.4) is 0 Å². The zero-order valence-electron chi connectivity index (χ0n) is 30.1. The van der Waals surface area contributed by atoms with E-state index in [0.717, 1.165) is 33.4 Å². The van der Waals surface area contributed by atoms with Gasteiger partial charge in [0, 0.05) is 12.3 Å². The van der Waals surface area contributed by atoms with E-state index in [1.165, 1.54) is 0 Å². The van der Waals surface area contributed by atoms with Crippen LogP contribution in [0, 0.1) is 11.8 Å². The van der Waals surface area contributed by atoms with Crippen molar-refractivity contribution in [2.75, 3.05) is 6.54 Å². The van der Waals surface area contributed by atoms with Crippen molar-refractivity contribution in [2.45, 2.75) is 136 Å². The van der Waals surface area contributed by atoms with E-state index in [9.17, 15) is 29.7 Å². The summed E-state index contributed by atoms with van der Waals surface area (Å²) in [7, 11) is 0. The Bertz CT molecular complexity index is 1410. The summed E-state index contributed by atoms with van der Waals surface area (Å²) in [6.07, 6.45) is 0.972. The zero-order valence-corrected chi connectivity index (χ0v) is 30.1. The number of carboxylic acids is 1. The Kier molecular flexibility index (Phi) is 10.6. The molecule has 2 unspecified atom stereocenters. The van der Waals surface area contributed by atoms with Crippen LogP contribution >= 0.6 is 0 Å². The number of phenols is 2. The van der Waals surface area contributed by atoms with Crippen molar-refractivity contribution in [1.29, 1.82) is 0 Å². The average Bonchev–Trinajstić information content (AvgIpc) is 3.39. The third-order valence-corrected chi connectivity index (χ3v) is 9.26. The minimum atomic E-state index is -1.09. The third-order valence-electron chi connectivity index (χ3n) is 9.26. The lowest BCUT2D eigenvalue weighted by Crippen LogP contribution is -2.42. The van der Waals surface area contributed by atoms with Gasteiger partial charge in [-0.05, 0) is 80.8 Å². The molecular formula is C39H57NO6. The van der Waals surface area contributed by atoms with Crippen molar-refractivity contribution in [2.24, 2.45) is 11.8 Å². The highest BCUT2D eigenvalue weighted by atomic mass is 16.4. The van der Waals surface area contributed by atoms with Crippen LogP contribution in [-0.4, -0.2) is 45.4 Å². The summed E-state index contributed by atoms with van der Waals surface area (Å²) in [4.78, 5) is 40.4. The monoisotopic (exact) mass is 635 g/mol. The minimum Gasteiger partial charge on any atom is -0.507 e. The van der Waals surface area contributed by atoms with Crippen LogP contribution in [0.25, 0.3) is 0 Å². The molecule has 7 heteroatoms. The largest absolute Gasteiger partial charge is 0.507 e.